The highest BCUT2D eigenvalue weighted by molar-refractivity contribution is 5.97. The van der Waals surface area contributed by atoms with Gasteiger partial charge in [-0.15, -0.1) is 0 Å². The number of hydrogen-bond donors (Lipinski definition) is 0. The maximum absolute atomic E-state index is 12.5. The molecule has 2 aliphatic rings. The number of ether oxygens (including phenoxy) is 3. The number of ketones is 1. The topological polar surface area (TPSA) is 96.0 Å². The van der Waals surface area contributed by atoms with Crippen LogP contribution in [-0.4, -0.2) is 49.4 Å². The normalized spacial score (nSPS) is 29.6. The third-order valence-corrected chi connectivity index (χ3v) is 5.28. The Morgan fingerprint density at radius 2 is 2.14 bits per heavy atom. The van der Waals surface area contributed by atoms with Gasteiger partial charge < -0.3 is 14.2 Å². The Bertz CT molecular complexity index is 746. The molecule has 0 aromatic heterocycles. The number of carbonyl (C=O) groups is 4. The molecule has 0 unspecified atom stereocenters. The number of hydrogen-bond acceptors (Lipinski definition) is 7. The van der Waals surface area contributed by atoms with Gasteiger partial charge in [-0.05, 0) is 24.0 Å². The van der Waals surface area contributed by atoms with Crippen molar-refractivity contribution in [3.63, 3.8) is 0 Å². The number of esters is 2. The van der Waals surface area contributed by atoms with E-state index in [9.17, 15) is 19.2 Å². The molecule has 1 aliphatic heterocycles. The average molecular weight is 404 g/mol. The number of Topliss-reactive ketones (excluding diaryl/α,β-unsaturated/α-hetero) is 1. The number of rotatable bonds is 6. The number of aldehydes is 1. The largest absolute Gasteiger partial charge is 0.461 e. The van der Waals surface area contributed by atoms with Crippen LogP contribution in [0.25, 0.3) is 0 Å². The van der Waals surface area contributed by atoms with E-state index in [0.29, 0.717) is 30.3 Å². The van der Waals surface area contributed by atoms with E-state index in [-0.39, 0.29) is 31.3 Å². The average Bonchev–Trinajstić information content (AvgIpc) is 2.76. The van der Waals surface area contributed by atoms with Gasteiger partial charge in [-0.3, -0.25) is 19.2 Å². The zero-order valence-corrected chi connectivity index (χ0v) is 17.1. The van der Waals surface area contributed by atoms with Gasteiger partial charge in [0.1, 0.15) is 25.6 Å². The molecule has 29 heavy (non-hydrogen) atoms. The van der Waals surface area contributed by atoms with Crippen LogP contribution in [-0.2, 0) is 33.4 Å². The van der Waals surface area contributed by atoms with Crippen LogP contribution in [0.2, 0.25) is 0 Å². The molecule has 4 atom stereocenters. The van der Waals surface area contributed by atoms with Gasteiger partial charge in [0.05, 0.1) is 17.9 Å². The van der Waals surface area contributed by atoms with Gasteiger partial charge in [0, 0.05) is 18.9 Å². The lowest BCUT2D eigenvalue weighted by Gasteiger charge is -2.36. The molecule has 0 aromatic rings. The van der Waals surface area contributed by atoms with Gasteiger partial charge in [0.15, 0.2) is 5.78 Å². The van der Waals surface area contributed by atoms with Crippen molar-refractivity contribution in [1.82, 2.24) is 0 Å². The lowest BCUT2D eigenvalue weighted by atomic mass is 9.82. The SMILES string of the molecule is C=C1C(=O)CO[C@@H]2/C=C(/COC(C)=O)C/C=C(/C=O)C[C@H](OC(=O)[C@H](C)CC)[C@H]12. The fraction of sp³-hybridized carbons (Fsp3) is 0.545. The van der Waals surface area contributed by atoms with Crippen LogP contribution >= 0.6 is 0 Å². The number of allylic oxidation sites excluding steroid dienone is 1. The zero-order chi connectivity index (χ0) is 21.6. The molecule has 0 radical (unpaired) electrons. The minimum Gasteiger partial charge on any atom is -0.461 e. The van der Waals surface area contributed by atoms with E-state index in [1.807, 2.05) is 6.92 Å². The zero-order valence-electron chi connectivity index (χ0n) is 17.1. The van der Waals surface area contributed by atoms with Crippen LogP contribution in [0.1, 0.15) is 40.0 Å². The smallest absolute Gasteiger partial charge is 0.308 e. The summed E-state index contributed by atoms with van der Waals surface area (Å²) in [5.41, 5.74) is 1.47. The maximum atomic E-state index is 12.5. The van der Waals surface area contributed by atoms with E-state index < -0.39 is 30.1 Å². The van der Waals surface area contributed by atoms with Crippen LogP contribution in [0.4, 0.5) is 0 Å². The highest BCUT2D eigenvalue weighted by atomic mass is 16.6. The maximum Gasteiger partial charge on any atom is 0.308 e. The first-order chi connectivity index (χ1) is 13.8. The van der Waals surface area contributed by atoms with Crippen LogP contribution in [0.15, 0.2) is 35.5 Å². The van der Waals surface area contributed by atoms with E-state index in [4.69, 9.17) is 14.2 Å². The van der Waals surface area contributed by atoms with Crippen LogP contribution in [0, 0.1) is 11.8 Å². The summed E-state index contributed by atoms with van der Waals surface area (Å²) in [6.45, 7) is 8.78. The van der Waals surface area contributed by atoms with E-state index in [0.717, 1.165) is 5.57 Å². The molecule has 0 spiro atoms. The molecule has 0 aromatic carbocycles. The second kappa shape index (κ2) is 10.3. The Labute approximate surface area is 170 Å². The fourth-order valence-electron chi connectivity index (χ4n) is 3.29. The Morgan fingerprint density at radius 3 is 2.76 bits per heavy atom. The Balaban J connectivity index is 2.43. The Hall–Kier alpha value is -2.54. The second-order valence-corrected chi connectivity index (χ2v) is 7.44. The van der Waals surface area contributed by atoms with Crippen molar-refractivity contribution in [2.75, 3.05) is 13.2 Å². The lowest BCUT2D eigenvalue weighted by molar-refractivity contribution is -0.160. The molecular weight excluding hydrogens is 376 g/mol. The summed E-state index contributed by atoms with van der Waals surface area (Å²) in [6, 6.07) is 0. The first-order valence-corrected chi connectivity index (χ1v) is 9.78. The van der Waals surface area contributed by atoms with Crippen molar-refractivity contribution in [3.8, 4) is 0 Å². The minimum atomic E-state index is -0.765. The van der Waals surface area contributed by atoms with Gasteiger partial charge >= 0.3 is 11.9 Å². The highest BCUT2D eigenvalue weighted by Gasteiger charge is 2.41. The standard InChI is InChI=1S/C22H28O7/c1-5-13(2)22(26)29-20-8-16(10-23)6-7-17(11-27-15(4)24)9-19-21(20)14(3)18(25)12-28-19/h6,9-10,13,19-21H,3,5,7-8,11-12H2,1-2,4H3/b16-6+,17-9+/t13-,19-,20+,21-/m1/s1. The summed E-state index contributed by atoms with van der Waals surface area (Å²) >= 11 is 0. The number of carbonyl (C=O) groups excluding carboxylic acids is 4. The summed E-state index contributed by atoms with van der Waals surface area (Å²) in [6.07, 6.45) is 3.99. The number of fused-ring (bicyclic) bond motifs is 1. The van der Waals surface area contributed by atoms with Crippen LogP contribution < -0.4 is 0 Å². The molecule has 2 rings (SSSR count). The molecule has 1 fully saturated rings. The molecule has 1 saturated heterocycles. The second-order valence-electron chi connectivity index (χ2n) is 7.44. The van der Waals surface area contributed by atoms with E-state index in [1.165, 1.54) is 6.92 Å². The Morgan fingerprint density at radius 1 is 1.41 bits per heavy atom. The van der Waals surface area contributed by atoms with Crippen LogP contribution in [0.5, 0.6) is 0 Å². The van der Waals surface area contributed by atoms with Crippen LogP contribution in [0.3, 0.4) is 0 Å². The van der Waals surface area contributed by atoms with Gasteiger partial charge in [-0.1, -0.05) is 32.6 Å². The minimum absolute atomic E-state index is 0.0439. The Kier molecular flexibility index (Phi) is 8.08. The van der Waals surface area contributed by atoms with Crippen molar-refractivity contribution in [2.45, 2.75) is 52.2 Å². The molecule has 0 N–H and O–H groups in total. The summed E-state index contributed by atoms with van der Waals surface area (Å²) in [5, 5.41) is 0. The highest BCUT2D eigenvalue weighted by Crippen LogP contribution is 2.34. The predicted octanol–water partition coefficient (Wildman–Crippen LogP) is 2.49. The predicted molar refractivity (Wildman–Crippen MR) is 105 cm³/mol. The van der Waals surface area contributed by atoms with Gasteiger partial charge in [0.25, 0.3) is 0 Å². The van der Waals surface area contributed by atoms with Gasteiger partial charge in [0.2, 0.25) is 0 Å². The van der Waals surface area contributed by atoms with Crippen molar-refractivity contribution >= 4 is 24.0 Å². The first kappa shape index (κ1) is 22.7. The summed E-state index contributed by atoms with van der Waals surface area (Å²) in [7, 11) is 0. The molecule has 7 heteroatoms. The van der Waals surface area contributed by atoms with E-state index in [2.05, 4.69) is 6.58 Å². The molecule has 1 heterocycles. The van der Waals surface area contributed by atoms with E-state index >= 15 is 0 Å². The fourth-order valence-corrected chi connectivity index (χ4v) is 3.29. The van der Waals surface area contributed by atoms with Crippen molar-refractivity contribution in [3.05, 3.63) is 35.5 Å². The molecule has 0 bridgehead atoms. The third kappa shape index (κ3) is 5.97. The van der Waals surface area contributed by atoms with E-state index in [1.54, 1.807) is 19.1 Å². The molecule has 158 valence electrons. The molecule has 7 nitrogen and oxygen atoms in total. The monoisotopic (exact) mass is 404 g/mol. The van der Waals surface area contributed by atoms with Crippen molar-refractivity contribution in [1.29, 1.82) is 0 Å². The summed E-state index contributed by atoms with van der Waals surface area (Å²) in [4.78, 5) is 47.5. The van der Waals surface area contributed by atoms with Crippen molar-refractivity contribution in [2.24, 2.45) is 11.8 Å². The molecule has 0 saturated carbocycles. The molecule has 1 aliphatic carbocycles. The van der Waals surface area contributed by atoms with Crippen molar-refractivity contribution < 1.29 is 33.4 Å². The summed E-state index contributed by atoms with van der Waals surface area (Å²) < 4.78 is 16.6. The quantitative estimate of drug-likeness (QED) is 0.290. The summed E-state index contributed by atoms with van der Waals surface area (Å²) in [5.74, 6) is -2.02. The van der Waals surface area contributed by atoms with Gasteiger partial charge in [-0.2, -0.15) is 0 Å². The van der Waals surface area contributed by atoms with Gasteiger partial charge in [-0.25, -0.2) is 0 Å². The lowest BCUT2D eigenvalue weighted by Crippen LogP contribution is -2.44. The third-order valence-electron chi connectivity index (χ3n) is 5.28. The molecular formula is C22H28O7. The molecule has 0 amide bonds. The first-order valence-electron chi connectivity index (χ1n) is 9.78.